The van der Waals surface area contributed by atoms with Gasteiger partial charge in [-0.05, 0) is 31.5 Å². The van der Waals surface area contributed by atoms with Crippen LogP contribution in [0.4, 0.5) is 5.82 Å². The summed E-state index contributed by atoms with van der Waals surface area (Å²) in [7, 11) is 1.73. The molecule has 0 aromatic carbocycles. The van der Waals surface area contributed by atoms with E-state index in [1.165, 1.54) is 12.8 Å². The first-order valence-electron chi connectivity index (χ1n) is 7.42. The standard InChI is InChI=1S/C15H21N5O/c1-21-10-9-20(11-12-3-2-6-16-12)14-5-4-13-15(19-14)18-8-7-17-13/h4-5,7-8,12,16H,2-3,6,9-11H2,1H3. The third kappa shape index (κ3) is 3.46. The zero-order valence-electron chi connectivity index (χ0n) is 12.3. The lowest BCUT2D eigenvalue weighted by Gasteiger charge is -2.26. The molecule has 6 heteroatoms. The molecular formula is C15H21N5O. The molecule has 6 nitrogen and oxygen atoms in total. The Bertz CT molecular complexity index is 585. The van der Waals surface area contributed by atoms with Crippen molar-refractivity contribution in [3.63, 3.8) is 0 Å². The molecule has 0 saturated carbocycles. The van der Waals surface area contributed by atoms with E-state index in [0.717, 1.165) is 31.0 Å². The van der Waals surface area contributed by atoms with Gasteiger partial charge in [0.15, 0.2) is 5.65 Å². The molecule has 2 aromatic rings. The molecule has 1 aliphatic rings. The molecule has 1 fully saturated rings. The summed E-state index contributed by atoms with van der Waals surface area (Å²) in [5.41, 5.74) is 1.52. The lowest BCUT2D eigenvalue weighted by molar-refractivity contribution is 0.204. The van der Waals surface area contributed by atoms with Crippen LogP contribution < -0.4 is 10.2 Å². The van der Waals surface area contributed by atoms with Crippen LogP contribution in [0, 0.1) is 0 Å². The summed E-state index contributed by atoms with van der Waals surface area (Å²) < 4.78 is 5.23. The first kappa shape index (κ1) is 14.2. The van der Waals surface area contributed by atoms with Crippen LogP contribution in [0.3, 0.4) is 0 Å². The molecular weight excluding hydrogens is 266 g/mol. The summed E-state index contributed by atoms with van der Waals surface area (Å²) in [6.07, 6.45) is 5.84. The number of anilines is 1. The van der Waals surface area contributed by atoms with Gasteiger partial charge in [0, 0.05) is 38.6 Å². The quantitative estimate of drug-likeness (QED) is 0.862. The van der Waals surface area contributed by atoms with Gasteiger partial charge >= 0.3 is 0 Å². The largest absolute Gasteiger partial charge is 0.383 e. The van der Waals surface area contributed by atoms with Crippen molar-refractivity contribution in [1.29, 1.82) is 0 Å². The van der Waals surface area contributed by atoms with Crippen LogP contribution in [0.15, 0.2) is 24.5 Å². The first-order valence-corrected chi connectivity index (χ1v) is 7.42. The molecule has 3 rings (SSSR count). The second-order valence-corrected chi connectivity index (χ2v) is 5.30. The number of fused-ring (bicyclic) bond motifs is 1. The summed E-state index contributed by atoms with van der Waals surface area (Å²) in [5, 5.41) is 3.53. The SMILES string of the molecule is COCCN(CC1CCCN1)c1ccc2nccnc2n1. The average Bonchev–Trinajstić information content (AvgIpc) is 3.04. The molecule has 1 aliphatic heterocycles. The fraction of sp³-hybridized carbons (Fsp3) is 0.533. The first-order chi connectivity index (χ1) is 10.4. The predicted octanol–water partition coefficient (Wildman–Crippen LogP) is 1.23. The highest BCUT2D eigenvalue weighted by Crippen LogP contribution is 2.17. The number of nitrogens with zero attached hydrogens (tertiary/aromatic N) is 4. The van der Waals surface area contributed by atoms with Crippen LogP contribution in [-0.2, 0) is 4.74 Å². The molecule has 0 radical (unpaired) electrons. The lowest BCUT2D eigenvalue weighted by Crippen LogP contribution is -2.39. The van der Waals surface area contributed by atoms with Crippen molar-refractivity contribution in [3.8, 4) is 0 Å². The Balaban J connectivity index is 1.81. The van der Waals surface area contributed by atoms with E-state index in [-0.39, 0.29) is 0 Å². The van der Waals surface area contributed by atoms with Gasteiger partial charge in [0.2, 0.25) is 0 Å². The van der Waals surface area contributed by atoms with Gasteiger partial charge in [-0.3, -0.25) is 4.98 Å². The summed E-state index contributed by atoms with van der Waals surface area (Å²) in [4.78, 5) is 15.5. The van der Waals surface area contributed by atoms with Gasteiger partial charge in [-0.25, -0.2) is 9.97 Å². The molecule has 112 valence electrons. The normalized spacial score (nSPS) is 18.2. The van der Waals surface area contributed by atoms with E-state index in [9.17, 15) is 0 Å². The minimum atomic E-state index is 0.529. The smallest absolute Gasteiger partial charge is 0.180 e. The zero-order valence-corrected chi connectivity index (χ0v) is 12.3. The van der Waals surface area contributed by atoms with Crippen LogP contribution in [0.2, 0.25) is 0 Å². The summed E-state index contributed by atoms with van der Waals surface area (Å²) in [6, 6.07) is 4.52. The number of aromatic nitrogens is 3. The Hall–Kier alpha value is -1.79. The van der Waals surface area contributed by atoms with E-state index in [1.807, 2.05) is 12.1 Å². The van der Waals surface area contributed by atoms with E-state index in [0.29, 0.717) is 18.3 Å². The second kappa shape index (κ2) is 6.78. The van der Waals surface area contributed by atoms with Crippen LogP contribution in [-0.4, -0.2) is 54.3 Å². The van der Waals surface area contributed by atoms with Gasteiger partial charge in [0.1, 0.15) is 11.3 Å². The average molecular weight is 287 g/mol. The number of rotatable bonds is 6. The molecule has 1 atom stereocenters. The van der Waals surface area contributed by atoms with Crippen molar-refractivity contribution in [2.24, 2.45) is 0 Å². The van der Waals surface area contributed by atoms with Crippen LogP contribution in [0.5, 0.6) is 0 Å². The van der Waals surface area contributed by atoms with E-state index < -0.39 is 0 Å². The summed E-state index contributed by atoms with van der Waals surface area (Å²) in [5.74, 6) is 0.939. The van der Waals surface area contributed by atoms with E-state index in [1.54, 1.807) is 19.5 Å². The van der Waals surface area contributed by atoms with Crippen LogP contribution in [0.25, 0.3) is 11.2 Å². The van der Waals surface area contributed by atoms with Gasteiger partial charge < -0.3 is 15.0 Å². The maximum absolute atomic E-state index is 5.23. The second-order valence-electron chi connectivity index (χ2n) is 5.30. The molecule has 0 spiro atoms. The van der Waals surface area contributed by atoms with Gasteiger partial charge in [-0.2, -0.15) is 0 Å². The Morgan fingerprint density at radius 1 is 1.33 bits per heavy atom. The predicted molar refractivity (Wildman–Crippen MR) is 82.4 cm³/mol. The van der Waals surface area contributed by atoms with Crippen molar-refractivity contribution in [1.82, 2.24) is 20.3 Å². The molecule has 1 saturated heterocycles. The monoisotopic (exact) mass is 287 g/mol. The highest BCUT2D eigenvalue weighted by Gasteiger charge is 2.19. The molecule has 21 heavy (non-hydrogen) atoms. The molecule has 1 unspecified atom stereocenters. The molecule has 0 bridgehead atoms. The third-order valence-electron chi connectivity index (χ3n) is 3.81. The highest BCUT2D eigenvalue weighted by molar-refractivity contribution is 5.71. The van der Waals surface area contributed by atoms with E-state index in [2.05, 4.69) is 25.2 Å². The number of nitrogens with one attached hydrogen (secondary N) is 1. The van der Waals surface area contributed by atoms with Crippen molar-refractivity contribution in [2.45, 2.75) is 18.9 Å². The fourth-order valence-corrected chi connectivity index (χ4v) is 2.70. The Morgan fingerprint density at radius 2 is 2.24 bits per heavy atom. The van der Waals surface area contributed by atoms with Crippen molar-refractivity contribution < 1.29 is 4.74 Å². The number of methoxy groups -OCH3 is 1. The van der Waals surface area contributed by atoms with Crippen molar-refractivity contribution in [3.05, 3.63) is 24.5 Å². The molecule has 0 aliphatic carbocycles. The maximum Gasteiger partial charge on any atom is 0.180 e. The Kier molecular flexibility index (Phi) is 4.57. The highest BCUT2D eigenvalue weighted by atomic mass is 16.5. The number of hydrogen-bond acceptors (Lipinski definition) is 6. The molecule has 1 N–H and O–H groups in total. The lowest BCUT2D eigenvalue weighted by atomic mass is 10.2. The summed E-state index contributed by atoms with van der Waals surface area (Å²) >= 11 is 0. The van der Waals surface area contributed by atoms with Crippen molar-refractivity contribution in [2.75, 3.05) is 38.3 Å². The number of pyridine rings is 1. The van der Waals surface area contributed by atoms with Gasteiger partial charge in [-0.1, -0.05) is 0 Å². The molecule has 0 amide bonds. The molecule has 3 heterocycles. The van der Waals surface area contributed by atoms with Gasteiger partial charge in [0.25, 0.3) is 0 Å². The van der Waals surface area contributed by atoms with E-state index in [4.69, 9.17) is 4.74 Å². The van der Waals surface area contributed by atoms with Crippen molar-refractivity contribution >= 4 is 17.0 Å². The van der Waals surface area contributed by atoms with Crippen LogP contribution >= 0.6 is 0 Å². The third-order valence-corrected chi connectivity index (χ3v) is 3.81. The van der Waals surface area contributed by atoms with Gasteiger partial charge in [0.05, 0.1) is 6.61 Å². The topological polar surface area (TPSA) is 63.2 Å². The van der Waals surface area contributed by atoms with E-state index >= 15 is 0 Å². The maximum atomic E-state index is 5.23. The Labute approximate surface area is 124 Å². The molecule has 2 aromatic heterocycles. The fourth-order valence-electron chi connectivity index (χ4n) is 2.70. The number of ether oxygens (including phenoxy) is 1. The minimum Gasteiger partial charge on any atom is -0.383 e. The minimum absolute atomic E-state index is 0.529. The number of hydrogen-bond donors (Lipinski definition) is 1. The van der Waals surface area contributed by atoms with Crippen LogP contribution in [0.1, 0.15) is 12.8 Å². The Morgan fingerprint density at radius 3 is 3.05 bits per heavy atom. The van der Waals surface area contributed by atoms with Gasteiger partial charge in [-0.15, -0.1) is 0 Å². The summed E-state index contributed by atoms with van der Waals surface area (Å²) in [6.45, 7) is 3.57. The zero-order chi connectivity index (χ0) is 14.5.